The van der Waals surface area contributed by atoms with E-state index in [4.69, 9.17) is 0 Å². The number of fused-ring (bicyclic) bond motifs is 3. The van der Waals surface area contributed by atoms with Crippen LogP contribution in [-0.4, -0.2) is 24.3 Å². The van der Waals surface area contributed by atoms with Crippen molar-refractivity contribution >= 4 is 16.8 Å². The number of aryl methyl sites for hydroxylation is 1. The summed E-state index contributed by atoms with van der Waals surface area (Å²) in [6.07, 6.45) is -3.04. The zero-order chi connectivity index (χ0) is 24.8. The monoisotopic (exact) mass is 491 g/mol. The number of aliphatic imine (C=N–C) groups is 1. The van der Waals surface area contributed by atoms with Crippen molar-refractivity contribution in [1.82, 2.24) is 4.57 Å². The second-order valence-electron chi connectivity index (χ2n) is 8.17. The van der Waals surface area contributed by atoms with Crippen molar-refractivity contribution in [1.29, 1.82) is 0 Å². The molecule has 178 valence electrons. The predicted molar refractivity (Wildman–Crippen MR) is 120 cm³/mol. The predicted octanol–water partition coefficient (Wildman–Crippen LogP) is 4.37. The smallest absolute Gasteiger partial charge is 0.417 e. The first-order valence-electron chi connectivity index (χ1n) is 10.3. The van der Waals surface area contributed by atoms with Crippen molar-refractivity contribution in [2.45, 2.75) is 31.3 Å². The van der Waals surface area contributed by atoms with E-state index in [1.54, 1.807) is 38.4 Å². The van der Waals surface area contributed by atoms with Crippen LogP contribution in [0.3, 0.4) is 0 Å². The van der Waals surface area contributed by atoms with Gasteiger partial charge in [0.15, 0.2) is 0 Å². The second-order valence-corrected chi connectivity index (χ2v) is 9.49. The van der Waals surface area contributed by atoms with Crippen molar-refractivity contribution in [2.24, 2.45) is 12.0 Å². The Kier molecular flexibility index (Phi) is 6.30. The number of nitrogens with zero attached hydrogens (tertiary/aromatic N) is 2. The lowest BCUT2D eigenvalue weighted by Gasteiger charge is -2.19. The molecule has 1 aliphatic heterocycles. The Hall–Kier alpha value is -3.11. The van der Waals surface area contributed by atoms with Crippen molar-refractivity contribution < 1.29 is 26.3 Å². The van der Waals surface area contributed by atoms with Gasteiger partial charge in [0.05, 0.1) is 17.8 Å². The van der Waals surface area contributed by atoms with E-state index >= 15 is 0 Å². The number of aromatic nitrogens is 1. The molecule has 2 unspecified atom stereocenters. The maximum atomic E-state index is 13.8. The molecule has 0 aliphatic carbocycles. The van der Waals surface area contributed by atoms with Gasteiger partial charge in [0.2, 0.25) is 0 Å². The Bertz CT molecular complexity index is 1400. The molecular weight excluding hydrogens is 472 g/mol. The first-order valence-corrected chi connectivity index (χ1v) is 11.4. The van der Waals surface area contributed by atoms with Gasteiger partial charge in [-0.1, -0.05) is 36.2 Å². The van der Waals surface area contributed by atoms with Gasteiger partial charge in [-0.3, -0.25) is 14.0 Å². The summed E-state index contributed by atoms with van der Waals surface area (Å²) in [7, 11) is 1.56. The second kappa shape index (κ2) is 8.92. The number of hydrogen-bond acceptors (Lipinski definition) is 4. The maximum absolute atomic E-state index is 13.8. The van der Waals surface area contributed by atoms with Gasteiger partial charge in [0.25, 0.3) is 5.56 Å². The highest BCUT2D eigenvalue weighted by molar-refractivity contribution is 7.79. The molecule has 10 heteroatoms. The molecule has 0 N–H and O–H groups in total. The van der Waals surface area contributed by atoms with E-state index in [1.165, 1.54) is 10.6 Å². The van der Waals surface area contributed by atoms with E-state index in [-0.39, 0.29) is 29.8 Å². The van der Waals surface area contributed by atoms with Crippen molar-refractivity contribution in [2.75, 3.05) is 0 Å². The Morgan fingerprint density at radius 1 is 1.09 bits per heavy atom. The third-order valence-corrected chi connectivity index (χ3v) is 6.57. The maximum Gasteiger partial charge on any atom is 0.417 e. The summed E-state index contributed by atoms with van der Waals surface area (Å²) in [5.74, 6) is -1.02. The van der Waals surface area contributed by atoms with Crippen molar-refractivity contribution in [3.63, 3.8) is 0 Å². The Morgan fingerprint density at radius 3 is 2.47 bits per heavy atom. The lowest BCUT2D eigenvalue weighted by Crippen LogP contribution is -2.17. The fourth-order valence-electron chi connectivity index (χ4n) is 4.03. The zero-order valence-electron chi connectivity index (χ0n) is 18.1. The van der Waals surface area contributed by atoms with E-state index < -0.39 is 33.9 Å². The lowest BCUT2D eigenvalue weighted by molar-refractivity contribution is -0.137. The summed E-state index contributed by atoms with van der Waals surface area (Å²) >= 11 is -2.30. The molecular formula is C24H19F4N2O3S-. The SMILES string of the molecule is CC(Cc1ccc2c(c1)-c1cn(C)c(=O)cc1CN=C2c1ccc(F)cc1C(F)(F)F)S(=O)[O-]. The molecule has 2 heterocycles. The Labute approximate surface area is 195 Å². The summed E-state index contributed by atoms with van der Waals surface area (Å²) in [6.45, 7) is 1.49. The van der Waals surface area contributed by atoms with Crippen LogP contribution in [0.1, 0.15) is 34.7 Å². The van der Waals surface area contributed by atoms with E-state index in [1.807, 2.05) is 0 Å². The summed E-state index contributed by atoms with van der Waals surface area (Å²) in [6, 6.07) is 8.75. The van der Waals surface area contributed by atoms with Crippen LogP contribution in [-0.2, 0) is 37.3 Å². The molecule has 0 bridgehead atoms. The molecule has 0 radical (unpaired) electrons. The van der Waals surface area contributed by atoms with E-state index in [9.17, 15) is 31.1 Å². The number of halogens is 4. The largest absolute Gasteiger partial charge is 0.772 e. The molecule has 1 aromatic heterocycles. The number of alkyl halides is 3. The minimum atomic E-state index is -4.82. The topological polar surface area (TPSA) is 74.5 Å². The number of pyridine rings is 1. The summed E-state index contributed by atoms with van der Waals surface area (Å²) < 4.78 is 79.1. The first-order chi connectivity index (χ1) is 16.0. The summed E-state index contributed by atoms with van der Waals surface area (Å²) in [5, 5.41) is -0.675. The number of hydrogen-bond donors (Lipinski definition) is 0. The van der Waals surface area contributed by atoms with Crippen LogP contribution in [0.2, 0.25) is 0 Å². The van der Waals surface area contributed by atoms with Crippen LogP contribution < -0.4 is 5.56 Å². The molecule has 3 aromatic rings. The minimum absolute atomic E-state index is 0.0145. The van der Waals surface area contributed by atoms with Gasteiger partial charge in [-0.25, -0.2) is 4.39 Å². The van der Waals surface area contributed by atoms with Crippen molar-refractivity contribution in [3.8, 4) is 11.1 Å². The summed E-state index contributed by atoms with van der Waals surface area (Å²) in [5.41, 5.74) is 0.941. The molecule has 0 saturated carbocycles. The molecule has 34 heavy (non-hydrogen) atoms. The molecule has 0 amide bonds. The van der Waals surface area contributed by atoms with Gasteiger partial charge in [-0.05, 0) is 41.3 Å². The summed E-state index contributed by atoms with van der Waals surface area (Å²) in [4.78, 5) is 16.6. The lowest BCUT2D eigenvalue weighted by atomic mass is 9.89. The quantitative estimate of drug-likeness (QED) is 0.402. The fraction of sp³-hybridized carbons (Fsp3) is 0.250. The molecule has 0 saturated heterocycles. The van der Waals surface area contributed by atoms with Gasteiger partial charge >= 0.3 is 6.18 Å². The minimum Gasteiger partial charge on any atom is -0.772 e. The van der Waals surface area contributed by atoms with E-state index in [0.29, 0.717) is 33.9 Å². The van der Waals surface area contributed by atoms with Gasteiger partial charge in [-0.15, -0.1) is 0 Å². The number of rotatable bonds is 4. The van der Waals surface area contributed by atoms with E-state index in [2.05, 4.69) is 4.99 Å². The Balaban J connectivity index is 1.98. The average molecular weight is 491 g/mol. The molecule has 5 nitrogen and oxygen atoms in total. The van der Waals surface area contributed by atoms with E-state index in [0.717, 1.165) is 12.1 Å². The van der Waals surface area contributed by atoms with Crippen LogP contribution in [0.4, 0.5) is 17.6 Å². The molecule has 1 aliphatic rings. The van der Waals surface area contributed by atoms with Crippen LogP contribution in [0.5, 0.6) is 0 Å². The molecule has 2 atom stereocenters. The third kappa shape index (κ3) is 4.60. The number of benzene rings is 2. The zero-order valence-corrected chi connectivity index (χ0v) is 19.0. The molecule has 4 rings (SSSR count). The highest BCUT2D eigenvalue weighted by Crippen LogP contribution is 2.38. The van der Waals surface area contributed by atoms with Crippen LogP contribution >= 0.6 is 0 Å². The van der Waals surface area contributed by atoms with Crippen molar-refractivity contribution in [3.05, 3.63) is 92.6 Å². The normalized spacial score (nSPS) is 15.1. The average Bonchev–Trinajstić information content (AvgIpc) is 2.90. The fourth-order valence-corrected chi connectivity index (χ4v) is 4.36. The van der Waals surface area contributed by atoms with Gasteiger partial charge in [0.1, 0.15) is 5.82 Å². The van der Waals surface area contributed by atoms with Gasteiger partial charge in [-0.2, -0.15) is 13.2 Å². The molecule has 2 aromatic carbocycles. The standard InChI is InChI=1S/C24H20F4N2O3S/c1-13(34(32)33)7-14-3-5-17-19(8-14)20-12-30(2)22(31)9-15(20)11-29-23(17)18-6-4-16(25)10-21(18)24(26,27)28/h3-6,8-10,12-13H,7,11H2,1-2H3,(H,32,33)/p-1. The third-order valence-electron chi connectivity index (χ3n) is 5.74. The van der Waals surface area contributed by atoms with Gasteiger partial charge in [0, 0.05) is 41.3 Å². The first kappa shape index (κ1) is 24.0. The highest BCUT2D eigenvalue weighted by Gasteiger charge is 2.36. The molecule has 0 spiro atoms. The van der Waals surface area contributed by atoms with Crippen LogP contribution in [0, 0.1) is 5.82 Å². The highest BCUT2D eigenvalue weighted by atomic mass is 32.2. The van der Waals surface area contributed by atoms with Gasteiger partial charge < -0.3 is 9.12 Å². The van der Waals surface area contributed by atoms with Crippen LogP contribution in [0.25, 0.3) is 11.1 Å². The molecule has 0 fully saturated rings. The Morgan fingerprint density at radius 2 is 1.79 bits per heavy atom. The van der Waals surface area contributed by atoms with Crippen LogP contribution in [0.15, 0.2) is 58.4 Å².